The number of hydrogen-bond acceptors (Lipinski definition) is 2. The SMILES string of the molecule is CC1=C(C)[C@]2(C)[N-]/C1=C\c1[n-]c(c(CCC(=O)O)c1C)/C=c1\[n-]/c(c(C)c1CCC(=O)O)=C\C1=C(C)C(C)[C@]2(C)[N-]1.[Co]. The molecule has 0 fully saturated rings. The maximum absolute atomic E-state index is 11.5. The molecule has 1 unspecified atom stereocenters. The van der Waals surface area contributed by atoms with E-state index in [-0.39, 0.29) is 35.5 Å². The number of carboxylic acid groups (broad SMARTS) is 2. The molecule has 2 N–H and O–H groups in total. The van der Waals surface area contributed by atoms with Gasteiger partial charge in [0, 0.05) is 29.6 Å². The van der Waals surface area contributed by atoms with Gasteiger partial charge in [0.25, 0.3) is 0 Å². The zero-order chi connectivity index (χ0) is 30.0. The van der Waals surface area contributed by atoms with Crippen LogP contribution < -0.4 is 20.7 Å². The van der Waals surface area contributed by atoms with Crippen LogP contribution in [-0.2, 0) is 39.2 Å². The van der Waals surface area contributed by atoms with Gasteiger partial charge in [0.15, 0.2) is 0 Å². The Morgan fingerprint density at radius 3 is 2.05 bits per heavy atom. The number of carboxylic acids is 2. The molecular formula is C33H38CoN4O4-4. The third-order valence-electron chi connectivity index (χ3n) is 10.0. The Labute approximate surface area is 257 Å². The van der Waals surface area contributed by atoms with Gasteiger partial charge in [0.2, 0.25) is 0 Å². The molecule has 5 heterocycles. The standard InChI is InChI=1S/C33H38N4O4.Co/c1-16-20(5)32(7)33(8)21(6)17(2)27(37-33)14-25-19(4)23(10-12-31(40)41)29(35-25)15-28-22(9-11-30(38)39)18(3)24(34-28)13-26(16)36-32;/h13-15,20H,9-12H2,1-8H3,(H,38,39)(H,40,41);/q-4;/b24-13-,27-14-,28-15-;/t20?,32-,33-;/m0./s1. The predicted octanol–water partition coefficient (Wildman–Crippen LogP) is 4.75. The maximum atomic E-state index is 11.5. The van der Waals surface area contributed by atoms with Crippen LogP contribution in [0.15, 0.2) is 28.1 Å². The summed E-state index contributed by atoms with van der Waals surface area (Å²) in [6, 6.07) is 0. The largest absolute Gasteiger partial charge is 0.679 e. The second kappa shape index (κ2) is 11.0. The Kier molecular flexibility index (Phi) is 8.25. The summed E-state index contributed by atoms with van der Waals surface area (Å²) in [4.78, 5) is 33.0. The topological polar surface area (TPSA) is 131 Å². The Morgan fingerprint density at radius 2 is 1.43 bits per heavy atom. The molecule has 2 aromatic rings. The number of nitrogens with zero attached hydrogens (tertiary/aromatic N) is 4. The third kappa shape index (κ3) is 4.86. The van der Waals surface area contributed by atoms with E-state index in [4.69, 9.17) is 20.6 Å². The van der Waals surface area contributed by atoms with E-state index in [1.54, 1.807) is 0 Å². The van der Waals surface area contributed by atoms with Gasteiger partial charge in [-0.05, 0) is 53.4 Å². The molecule has 5 rings (SSSR count). The van der Waals surface area contributed by atoms with Crippen molar-refractivity contribution in [1.82, 2.24) is 9.97 Å². The summed E-state index contributed by atoms with van der Waals surface area (Å²) in [5.41, 5.74) is 9.05. The van der Waals surface area contributed by atoms with E-state index in [2.05, 4.69) is 41.5 Å². The van der Waals surface area contributed by atoms with Crippen LogP contribution >= 0.6 is 0 Å². The van der Waals surface area contributed by atoms with Crippen LogP contribution in [0.4, 0.5) is 0 Å². The van der Waals surface area contributed by atoms with Crippen LogP contribution in [0.5, 0.6) is 0 Å². The van der Waals surface area contributed by atoms with E-state index in [0.717, 1.165) is 50.3 Å². The molecule has 9 heteroatoms. The van der Waals surface area contributed by atoms with Crippen molar-refractivity contribution in [2.45, 2.75) is 92.2 Å². The van der Waals surface area contributed by atoms with Crippen LogP contribution in [0.3, 0.4) is 0 Å². The molecule has 42 heavy (non-hydrogen) atoms. The first-order valence-corrected chi connectivity index (χ1v) is 14.2. The molecule has 3 aliphatic rings. The molecule has 0 aromatic carbocycles. The zero-order valence-corrected chi connectivity index (χ0v) is 26.5. The van der Waals surface area contributed by atoms with Crippen LogP contribution in [0.2, 0.25) is 0 Å². The zero-order valence-electron chi connectivity index (χ0n) is 25.5. The van der Waals surface area contributed by atoms with Gasteiger partial charge in [-0.2, -0.15) is 0 Å². The Bertz CT molecular complexity index is 1710. The second-order valence-electron chi connectivity index (χ2n) is 12.1. The minimum absolute atomic E-state index is 0. The molecule has 8 nitrogen and oxygen atoms in total. The number of fused-ring (bicyclic) bond motifs is 9. The van der Waals surface area contributed by atoms with Gasteiger partial charge in [-0.3, -0.25) is 9.59 Å². The first-order valence-electron chi connectivity index (χ1n) is 14.2. The van der Waals surface area contributed by atoms with Crippen molar-refractivity contribution in [3.05, 3.63) is 83.1 Å². The van der Waals surface area contributed by atoms with E-state index < -0.39 is 23.0 Å². The summed E-state index contributed by atoms with van der Waals surface area (Å²) in [5, 5.41) is 31.0. The van der Waals surface area contributed by atoms with Gasteiger partial charge in [-0.15, -0.1) is 39.0 Å². The second-order valence-corrected chi connectivity index (χ2v) is 12.1. The van der Waals surface area contributed by atoms with Gasteiger partial charge in [0.1, 0.15) is 0 Å². The van der Waals surface area contributed by atoms with Crippen LogP contribution in [0.1, 0.15) is 88.0 Å². The van der Waals surface area contributed by atoms with Crippen molar-refractivity contribution in [3.8, 4) is 0 Å². The third-order valence-corrected chi connectivity index (χ3v) is 10.0. The molecular weight excluding hydrogens is 575 g/mol. The van der Waals surface area contributed by atoms with Crippen LogP contribution in [0, 0.1) is 19.8 Å². The van der Waals surface area contributed by atoms with Crippen molar-refractivity contribution in [1.29, 1.82) is 0 Å². The van der Waals surface area contributed by atoms with Crippen molar-refractivity contribution in [2.24, 2.45) is 5.92 Å². The first kappa shape index (κ1) is 31.5. The molecule has 0 amide bonds. The number of hydrogen-bond donors (Lipinski definition) is 2. The monoisotopic (exact) mass is 613 g/mol. The molecule has 0 aliphatic carbocycles. The molecule has 0 spiro atoms. The molecule has 0 saturated carbocycles. The Hall–Kier alpha value is -3.43. The van der Waals surface area contributed by atoms with Crippen molar-refractivity contribution < 1.29 is 36.6 Å². The maximum Gasteiger partial charge on any atom is 0.303 e. The quantitative estimate of drug-likeness (QED) is 0.484. The number of rotatable bonds is 6. The van der Waals surface area contributed by atoms with Crippen LogP contribution in [0.25, 0.3) is 28.9 Å². The number of allylic oxidation sites excluding steroid dienone is 2. The van der Waals surface area contributed by atoms with Crippen LogP contribution in [-0.4, -0.2) is 33.2 Å². The fourth-order valence-electron chi connectivity index (χ4n) is 6.61. The van der Waals surface area contributed by atoms with Gasteiger partial charge in [-0.25, -0.2) is 0 Å². The van der Waals surface area contributed by atoms with E-state index in [0.29, 0.717) is 23.9 Å². The van der Waals surface area contributed by atoms with Crippen molar-refractivity contribution >= 4 is 30.2 Å². The van der Waals surface area contributed by atoms with Gasteiger partial charge in [0.05, 0.1) is 0 Å². The summed E-state index contributed by atoms with van der Waals surface area (Å²) in [5.74, 6) is -1.62. The molecule has 3 atom stereocenters. The van der Waals surface area contributed by atoms with E-state index in [1.165, 1.54) is 11.1 Å². The van der Waals surface area contributed by atoms with Crippen molar-refractivity contribution in [3.63, 3.8) is 0 Å². The fourth-order valence-corrected chi connectivity index (χ4v) is 6.61. The Morgan fingerprint density at radius 1 is 0.810 bits per heavy atom. The molecule has 227 valence electrons. The Balaban J connectivity index is 0.00000405. The van der Waals surface area contributed by atoms with E-state index >= 15 is 0 Å². The average Bonchev–Trinajstić information content (AvgIpc) is 3.51. The summed E-state index contributed by atoms with van der Waals surface area (Å²) in [6.45, 7) is 16.9. The molecule has 3 aliphatic heterocycles. The minimum atomic E-state index is -0.874. The van der Waals surface area contributed by atoms with Crippen molar-refractivity contribution in [2.75, 3.05) is 0 Å². The normalized spacial score (nSPS) is 27.3. The summed E-state index contributed by atoms with van der Waals surface area (Å²) in [6.07, 6.45) is 6.54. The number of aliphatic carboxylic acids is 2. The number of aromatic nitrogens is 2. The summed E-state index contributed by atoms with van der Waals surface area (Å²) in [7, 11) is 0. The fraction of sp³-hybridized carbons (Fsp3) is 0.455. The van der Waals surface area contributed by atoms with Gasteiger partial charge < -0.3 is 30.8 Å². The minimum Gasteiger partial charge on any atom is -0.679 e. The van der Waals surface area contributed by atoms with E-state index in [1.807, 2.05) is 32.1 Å². The average molecular weight is 614 g/mol. The molecule has 1 radical (unpaired) electrons. The first-order chi connectivity index (χ1) is 19.2. The molecule has 8 bridgehead atoms. The molecule has 0 saturated heterocycles. The smallest absolute Gasteiger partial charge is 0.303 e. The number of carbonyl (C=O) groups is 2. The predicted molar refractivity (Wildman–Crippen MR) is 160 cm³/mol. The summed E-state index contributed by atoms with van der Waals surface area (Å²) >= 11 is 0. The van der Waals surface area contributed by atoms with E-state index in [9.17, 15) is 19.8 Å². The van der Waals surface area contributed by atoms with Gasteiger partial charge in [-0.1, -0.05) is 83.5 Å². The molecule has 2 aromatic heterocycles. The van der Waals surface area contributed by atoms with Gasteiger partial charge >= 0.3 is 11.9 Å². The summed E-state index contributed by atoms with van der Waals surface area (Å²) < 4.78 is 0.